The number of tetrazole rings is 1. The minimum Gasteiger partial charge on any atom is -0.371 e. The van der Waals surface area contributed by atoms with E-state index in [1.54, 1.807) is 0 Å². The van der Waals surface area contributed by atoms with Crippen molar-refractivity contribution in [1.29, 1.82) is 0 Å². The van der Waals surface area contributed by atoms with Crippen LogP contribution in [0.2, 0.25) is 5.02 Å². The molecule has 2 unspecified atom stereocenters. The Morgan fingerprint density at radius 2 is 2.22 bits per heavy atom. The van der Waals surface area contributed by atoms with Gasteiger partial charge in [-0.3, -0.25) is 4.90 Å². The Labute approximate surface area is 140 Å². The maximum absolute atomic E-state index is 6.11. The number of aromatic nitrogens is 4. The van der Waals surface area contributed by atoms with Crippen molar-refractivity contribution in [2.75, 3.05) is 19.7 Å². The van der Waals surface area contributed by atoms with Crippen molar-refractivity contribution in [3.05, 3.63) is 40.7 Å². The van der Waals surface area contributed by atoms with E-state index in [9.17, 15) is 0 Å². The highest BCUT2D eigenvalue weighted by Crippen LogP contribution is 2.37. The average molecular weight is 334 g/mol. The Kier molecular flexibility index (Phi) is 4.05. The third-order valence-electron chi connectivity index (χ3n) is 4.65. The molecule has 1 saturated heterocycles. The lowest BCUT2D eigenvalue weighted by Gasteiger charge is -2.36. The summed E-state index contributed by atoms with van der Waals surface area (Å²) in [6.45, 7) is 4.58. The Bertz CT molecular complexity index is 687. The van der Waals surface area contributed by atoms with Gasteiger partial charge in [-0.15, -0.1) is 5.10 Å². The summed E-state index contributed by atoms with van der Waals surface area (Å²) in [4.78, 5) is 2.39. The van der Waals surface area contributed by atoms with Gasteiger partial charge in [0, 0.05) is 18.1 Å². The molecule has 4 rings (SSSR count). The van der Waals surface area contributed by atoms with Crippen LogP contribution < -0.4 is 0 Å². The predicted octanol–water partition coefficient (Wildman–Crippen LogP) is 2.80. The quantitative estimate of drug-likeness (QED) is 0.861. The monoisotopic (exact) mass is 333 g/mol. The van der Waals surface area contributed by atoms with E-state index in [-0.39, 0.29) is 12.1 Å². The van der Waals surface area contributed by atoms with E-state index >= 15 is 0 Å². The number of rotatable bonds is 4. The van der Waals surface area contributed by atoms with Crippen molar-refractivity contribution in [3.8, 4) is 0 Å². The molecule has 1 aromatic heterocycles. The molecule has 122 valence electrons. The van der Waals surface area contributed by atoms with Crippen LogP contribution in [0.5, 0.6) is 0 Å². The first kappa shape index (κ1) is 15.1. The number of ether oxygens (including phenoxy) is 1. The van der Waals surface area contributed by atoms with E-state index in [2.05, 4.69) is 33.4 Å². The van der Waals surface area contributed by atoms with Crippen LogP contribution in [0.3, 0.4) is 0 Å². The summed E-state index contributed by atoms with van der Waals surface area (Å²) in [7, 11) is 0. The highest BCUT2D eigenvalue weighted by molar-refractivity contribution is 6.30. The minimum atomic E-state index is 0.0372. The van der Waals surface area contributed by atoms with Crippen LogP contribution in [0.15, 0.2) is 24.3 Å². The van der Waals surface area contributed by atoms with Gasteiger partial charge in [-0.1, -0.05) is 23.7 Å². The molecule has 1 aliphatic heterocycles. The molecule has 2 heterocycles. The Hall–Kier alpha value is -1.50. The summed E-state index contributed by atoms with van der Waals surface area (Å²) in [5, 5.41) is 13.0. The summed E-state index contributed by atoms with van der Waals surface area (Å²) in [6, 6.07) is 8.58. The normalized spacial score (nSPS) is 23.8. The van der Waals surface area contributed by atoms with Gasteiger partial charge in [0.25, 0.3) is 0 Å². The molecule has 23 heavy (non-hydrogen) atoms. The fraction of sp³-hybridized carbons (Fsp3) is 0.562. The predicted molar refractivity (Wildman–Crippen MR) is 86.2 cm³/mol. The first-order valence-electron chi connectivity index (χ1n) is 8.11. The van der Waals surface area contributed by atoms with Gasteiger partial charge in [-0.05, 0) is 47.9 Å². The zero-order valence-electron chi connectivity index (χ0n) is 13.1. The van der Waals surface area contributed by atoms with Crippen LogP contribution in [0.25, 0.3) is 0 Å². The Morgan fingerprint density at radius 1 is 1.35 bits per heavy atom. The van der Waals surface area contributed by atoms with Crippen LogP contribution >= 0.6 is 11.6 Å². The number of hydrogen-bond donors (Lipinski definition) is 0. The van der Waals surface area contributed by atoms with Crippen molar-refractivity contribution < 1.29 is 4.74 Å². The summed E-state index contributed by atoms with van der Waals surface area (Å²) in [5.41, 5.74) is 1.12. The first-order valence-corrected chi connectivity index (χ1v) is 8.49. The van der Waals surface area contributed by atoms with Gasteiger partial charge >= 0.3 is 0 Å². The Balaban J connectivity index is 1.51. The molecule has 2 aromatic rings. The summed E-state index contributed by atoms with van der Waals surface area (Å²) < 4.78 is 7.94. The lowest BCUT2D eigenvalue weighted by atomic mass is 10.1. The highest BCUT2D eigenvalue weighted by Gasteiger charge is 2.33. The van der Waals surface area contributed by atoms with Crippen LogP contribution in [-0.4, -0.2) is 44.8 Å². The zero-order valence-corrected chi connectivity index (χ0v) is 13.9. The van der Waals surface area contributed by atoms with Crippen molar-refractivity contribution in [3.63, 3.8) is 0 Å². The van der Waals surface area contributed by atoms with Crippen LogP contribution in [0.1, 0.15) is 49.3 Å². The highest BCUT2D eigenvalue weighted by atomic mass is 35.5. The fourth-order valence-electron chi connectivity index (χ4n) is 3.15. The van der Waals surface area contributed by atoms with E-state index in [0.717, 1.165) is 29.5 Å². The van der Waals surface area contributed by atoms with E-state index in [0.29, 0.717) is 12.6 Å². The molecule has 1 aromatic carbocycles. The zero-order chi connectivity index (χ0) is 15.8. The molecule has 0 N–H and O–H groups in total. The molecule has 0 amide bonds. The molecule has 7 heteroatoms. The minimum absolute atomic E-state index is 0.0372. The van der Waals surface area contributed by atoms with E-state index in [4.69, 9.17) is 16.3 Å². The molecule has 0 radical (unpaired) electrons. The fourth-order valence-corrected chi connectivity index (χ4v) is 3.35. The lowest BCUT2D eigenvalue weighted by molar-refractivity contribution is -0.0447. The third-order valence-corrected chi connectivity index (χ3v) is 4.89. The maximum atomic E-state index is 6.11. The average Bonchev–Trinajstić information content (AvgIpc) is 3.31. The molecule has 2 fully saturated rings. The second-order valence-corrected chi connectivity index (χ2v) is 6.73. The SMILES string of the molecule is CC(c1nnnn1C1CC1)N1CCOC(c2cccc(Cl)c2)C1. The van der Waals surface area contributed by atoms with Crippen molar-refractivity contribution in [1.82, 2.24) is 25.1 Å². The second-order valence-electron chi connectivity index (χ2n) is 6.30. The molecule has 6 nitrogen and oxygen atoms in total. The number of nitrogens with zero attached hydrogens (tertiary/aromatic N) is 5. The number of halogens is 1. The summed E-state index contributed by atoms with van der Waals surface area (Å²) >= 11 is 6.11. The number of hydrogen-bond acceptors (Lipinski definition) is 5. The summed E-state index contributed by atoms with van der Waals surface area (Å²) in [6.07, 6.45) is 2.40. The third kappa shape index (κ3) is 3.11. The van der Waals surface area contributed by atoms with Crippen LogP contribution in [0.4, 0.5) is 0 Å². The molecule has 0 spiro atoms. The van der Waals surface area contributed by atoms with E-state index in [1.807, 2.05) is 22.9 Å². The van der Waals surface area contributed by atoms with Gasteiger partial charge in [-0.2, -0.15) is 0 Å². The molecule has 2 aliphatic rings. The molecular formula is C16H20ClN5O. The van der Waals surface area contributed by atoms with Crippen LogP contribution in [0, 0.1) is 0 Å². The second kappa shape index (κ2) is 6.19. The molecule has 0 bridgehead atoms. The van der Waals surface area contributed by atoms with Gasteiger partial charge in [0.2, 0.25) is 0 Å². The van der Waals surface area contributed by atoms with Gasteiger partial charge in [0.15, 0.2) is 5.82 Å². The standard InChI is InChI=1S/C16H20ClN5O/c1-11(16-18-19-20-22(16)14-5-6-14)21-7-8-23-15(10-21)12-3-2-4-13(17)9-12/h2-4,9,11,14-15H,5-8,10H2,1H3. The lowest BCUT2D eigenvalue weighted by Crippen LogP contribution is -2.40. The molecule has 1 saturated carbocycles. The van der Waals surface area contributed by atoms with Crippen molar-refractivity contribution >= 4 is 11.6 Å². The maximum Gasteiger partial charge on any atom is 0.168 e. The van der Waals surface area contributed by atoms with Crippen LogP contribution in [-0.2, 0) is 4.74 Å². The molecular weight excluding hydrogens is 314 g/mol. The molecule has 1 aliphatic carbocycles. The van der Waals surface area contributed by atoms with Gasteiger partial charge < -0.3 is 4.74 Å². The van der Waals surface area contributed by atoms with Crippen molar-refractivity contribution in [2.45, 2.75) is 38.0 Å². The van der Waals surface area contributed by atoms with Crippen molar-refractivity contribution in [2.24, 2.45) is 0 Å². The largest absolute Gasteiger partial charge is 0.371 e. The van der Waals surface area contributed by atoms with Gasteiger partial charge in [-0.25, -0.2) is 4.68 Å². The van der Waals surface area contributed by atoms with E-state index < -0.39 is 0 Å². The van der Waals surface area contributed by atoms with Gasteiger partial charge in [0.05, 0.1) is 24.8 Å². The number of morpholine rings is 1. The number of benzene rings is 1. The van der Waals surface area contributed by atoms with E-state index in [1.165, 1.54) is 12.8 Å². The van der Waals surface area contributed by atoms with Gasteiger partial charge in [0.1, 0.15) is 0 Å². The Morgan fingerprint density at radius 3 is 3.00 bits per heavy atom. The summed E-state index contributed by atoms with van der Waals surface area (Å²) in [5.74, 6) is 0.958. The first-order chi connectivity index (χ1) is 11.2. The smallest absolute Gasteiger partial charge is 0.168 e. The topological polar surface area (TPSA) is 56.1 Å². The molecule has 2 atom stereocenters.